The number of unbranched alkanes of at least 4 members (excludes halogenated alkanes) is 2. The molecule has 2 aromatic rings. The predicted molar refractivity (Wildman–Crippen MR) is 132 cm³/mol. The number of halogens is 2. The van der Waals surface area contributed by atoms with Crippen LogP contribution in [0.3, 0.4) is 0 Å². The van der Waals surface area contributed by atoms with Crippen molar-refractivity contribution in [3.05, 3.63) is 54.1 Å². The Morgan fingerprint density at radius 1 is 0.806 bits per heavy atom. The first kappa shape index (κ1) is 25.3. The SMILES string of the molecule is COc1ccccc1N1CCN(CCCCCN2C(=O)Cc3ccccc32)CC1.Cl.Cl. The van der Waals surface area contributed by atoms with Crippen LogP contribution in [0.25, 0.3) is 0 Å². The van der Waals surface area contributed by atoms with Crippen molar-refractivity contribution in [2.45, 2.75) is 25.7 Å². The van der Waals surface area contributed by atoms with Crippen molar-refractivity contribution in [2.24, 2.45) is 0 Å². The Morgan fingerprint density at radius 2 is 1.45 bits per heavy atom. The van der Waals surface area contributed by atoms with Gasteiger partial charge < -0.3 is 14.5 Å². The van der Waals surface area contributed by atoms with Gasteiger partial charge >= 0.3 is 0 Å². The number of benzene rings is 2. The standard InChI is InChI=1S/C24H31N3O2.2ClH/c1-29-23-12-6-5-11-22(23)26-17-15-25(16-18-26)13-7-2-8-14-27-21-10-4-3-9-20(21)19-24(27)28;;/h3-6,9-12H,2,7-8,13-19H2,1H3;2*1H. The van der Waals surface area contributed by atoms with Crippen molar-refractivity contribution >= 4 is 42.1 Å². The quantitative estimate of drug-likeness (QED) is 0.540. The van der Waals surface area contributed by atoms with E-state index in [9.17, 15) is 4.79 Å². The zero-order chi connectivity index (χ0) is 20.1. The minimum atomic E-state index is 0. The Balaban J connectivity index is 0.00000171. The summed E-state index contributed by atoms with van der Waals surface area (Å²) in [4.78, 5) is 19.2. The molecule has 5 nitrogen and oxygen atoms in total. The summed E-state index contributed by atoms with van der Waals surface area (Å²) in [5.41, 5.74) is 3.49. The average molecular weight is 466 g/mol. The first-order valence-electron chi connectivity index (χ1n) is 10.7. The first-order chi connectivity index (χ1) is 14.3. The molecule has 2 heterocycles. The maximum absolute atomic E-state index is 12.2. The lowest BCUT2D eigenvalue weighted by molar-refractivity contribution is -0.117. The number of hydrogen-bond acceptors (Lipinski definition) is 4. The molecule has 4 rings (SSSR count). The van der Waals surface area contributed by atoms with Gasteiger partial charge in [0.05, 0.1) is 19.2 Å². The molecule has 0 spiro atoms. The van der Waals surface area contributed by atoms with Gasteiger partial charge in [-0.15, -0.1) is 24.8 Å². The predicted octanol–water partition coefficient (Wildman–Crippen LogP) is 4.42. The number of rotatable bonds is 8. The van der Waals surface area contributed by atoms with Crippen LogP contribution >= 0.6 is 24.8 Å². The summed E-state index contributed by atoms with van der Waals surface area (Å²) in [6, 6.07) is 16.5. The number of carbonyl (C=O) groups excluding carboxylic acids is 1. The molecule has 0 radical (unpaired) electrons. The monoisotopic (exact) mass is 465 g/mol. The number of hydrogen-bond donors (Lipinski definition) is 0. The highest BCUT2D eigenvalue weighted by molar-refractivity contribution is 6.01. The number of ether oxygens (including phenoxy) is 1. The summed E-state index contributed by atoms with van der Waals surface area (Å²) in [6.07, 6.45) is 3.99. The average Bonchev–Trinajstić information content (AvgIpc) is 3.09. The Morgan fingerprint density at radius 3 is 2.19 bits per heavy atom. The second-order valence-electron chi connectivity index (χ2n) is 7.91. The van der Waals surface area contributed by atoms with E-state index in [0.29, 0.717) is 6.42 Å². The second-order valence-corrected chi connectivity index (χ2v) is 7.91. The van der Waals surface area contributed by atoms with Crippen molar-refractivity contribution in [3.63, 3.8) is 0 Å². The van der Waals surface area contributed by atoms with E-state index < -0.39 is 0 Å². The van der Waals surface area contributed by atoms with Crippen molar-refractivity contribution in [1.29, 1.82) is 0 Å². The molecule has 0 aromatic heterocycles. The molecule has 2 aromatic carbocycles. The molecule has 0 aliphatic carbocycles. The second kappa shape index (κ2) is 12.2. The van der Waals surface area contributed by atoms with E-state index >= 15 is 0 Å². The highest BCUT2D eigenvalue weighted by Crippen LogP contribution is 2.29. The van der Waals surface area contributed by atoms with Crippen LogP contribution in [0.15, 0.2) is 48.5 Å². The van der Waals surface area contributed by atoms with Gasteiger partial charge in [-0.25, -0.2) is 0 Å². The molecule has 2 aliphatic heterocycles. The summed E-state index contributed by atoms with van der Waals surface area (Å²) in [5.74, 6) is 1.21. The van der Waals surface area contributed by atoms with Gasteiger partial charge in [0, 0.05) is 38.4 Å². The highest BCUT2D eigenvalue weighted by atomic mass is 35.5. The van der Waals surface area contributed by atoms with Crippen LogP contribution in [-0.2, 0) is 11.2 Å². The molecule has 170 valence electrons. The van der Waals surface area contributed by atoms with Crippen LogP contribution in [0, 0.1) is 0 Å². The fourth-order valence-corrected chi connectivity index (χ4v) is 4.45. The lowest BCUT2D eigenvalue weighted by Crippen LogP contribution is -2.46. The molecule has 1 fully saturated rings. The number of fused-ring (bicyclic) bond motifs is 1. The van der Waals surface area contributed by atoms with Gasteiger partial charge in [0.1, 0.15) is 5.75 Å². The van der Waals surface area contributed by atoms with Gasteiger partial charge in [0.25, 0.3) is 0 Å². The van der Waals surface area contributed by atoms with Gasteiger partial charge in [0.2, 0.25) is 5.91 Å². The fourth-order valence-electron chi connectivity index (χ4n) is 4.45. The van der Waals surface area contributed by atoms with Crippen LogP contribution in [0.1, 0.15) is 24.8 Å². The Bertz CT molecular complexity index is 841. The van der Waals surface area contributed by atoms with E-state index in [4.69, 9.17) is 4.74 Å². The third-order valence-corrected chi connectivity index (χ3v) is 6.08. The summed E-state index contributed by atoms with van der Waals surface area (Å²) < 4.78 is 5.51. The van der Waals surface area contributed by atoms with Gasteiger partial charge in [-0.3, -0.25) is 9.69 Å². The number of carbonyl (C=O) groups is 1. The molecule has 7 heteroatoms. The zero-order valence-corrected chi connectivity index (χ0v) is 19.8. The Hall–Kier alpha value is -1.95. The number of para-hydroxylation sites is 3. The first-order valence-corrected chi connectivity index (χ1v) is 10.7. The van der Waals surface area contributed by atoms with Crippen molar-refractivity contribution in [2.75, 3.05) is 56.2 Å². The zero-order valence-electron chi connectivity index (χ0n) is 18.2. The molecule has 0 unspecified atom stereocenters. The van der Waals surface area contributed by atoms with Crippen LogP contribution in [0.5, 0.6) is 5.75 Å². The largest absolute Gasteiger partial charge is 0.495 e. The third kappa shape index (κ3) is 6.06. The number of nitrogens with zero attached hydrogens (tertiary/aromatic N) is 3. The molecule has 0 atom stereocenters. The van der Waals surface area contributed by atoms with Gasteiger partial charge in [-0.2, -0.15) is 0 Å². The van der Waals surface area contributed by atoms with E-state index in [2.05, 4.69) is 34.1 Å². The molecule has 2 aliphatic rings. The van der Waals surface area contributed by atoms with Crippen molar-refractivity contribution < 1.29 is 9.53 Å². The van der Waals surface area contributed by atoms with E-state index in [1.807, 2.05) is 29.2 Å². The Kier molecular flexibility index (Phi) is 9.94. The molecule has 0 bridgehead atoms. The summed E-state index contributed by atoms with van der Waals surface area (Å²) in [6.45, 7) is 6.26. The highest BCUT2D eigenvalue weighted by Gasteiger charge is 2.26. The van der Waals surface area contributed by atoms with Crippen molar-refractivity contribution in [3.8, 4) is 5.75 Å². The fraction of sp³-hybridized carbons (Fsp3) is 0.458. The molecule has 31 heavy (non-hydrogen) atoms. The molecule has 1 amide bonds. The molecule has 0 N–H and O–H groups in total. The summed E-state index contributed by atoms with van der Waals surface area (Å²) >= 11 is 0. The number of anilines is 2. The van der Waals surface area contributed by atoms with E-state index in [1.165, 1.54) is 24.1 Å². The minimum Gasteiger partial charge on any atom is -0.495 e. The van der Waals surface area contributed by atoms with Crippen LogP contribution in [0.4, 0.5) is 11.4 Å². The van der Waals surface area contributed by atoms with Crippen LogP contribution in [-0.4, -0.2) is 57.2 Å². The topological polar surface area (TPSA) is 36.0 Å². The normalized spacial score (nSPS) is 15.8. The van der Waals surface area contributed by atoms with Crippen LogP contribution < -0.4 is 14.5 Å². The van der Waals surface area contributed by atoms with E-state index in [-0.39, 0.29) is 30.7 Å². The Labute approximate surface area is 198 Å². The smallest absolute Gasteiger partial charge is 0.231 e. The number of amides is 1. The third-order valence-electron chi connectivity index (χ3n) is 6.08. The number of methoxy groups -OCH3 is 1. The maximum Gasteiger partial charge on any atom is 0.231 e. The molecule has 1 saturated heterocycles. The van der Waals surface area contributed by atoms with E-state index in [0.717, 1.165) is 57.1 Å². The number of piperazine rings is 1. The summed E-state index contributed by atoms with van der Waals surface area (Å²) in [5, 5.41) is 0. The molecular formula is C24H33Cl2N3O2. The molecular weight excluding hydrogens is 433 g/mol. The lowest BCUT2D eigenvalue weighted by Gasteiger charge is -2.36. The summed E-state index contributed by atoms with van der Waals surface area (Å²) in [7, 11) is 1.74. The van der Waals surface area contributed by atoms with Gasteiger partial charge in [-0.1, -0.05) is 36.8 Å². The lowest BCUT2D eigenvalue weighted by atomic mass is 10.1. The van der Waals surface area contributed by atoms with Crippen LogP contribution in [0.2, 0.25) is 0 Å². The minimum absolute atomic E-state index is 0. The van der Waals surface area contributed by atoms with E-state index in [1.54, 1.807) is 7.11 Å². The van der Waals surface area contributed by atoms with Gasteiger partial charge in [0.15, 0.2) is 0 Å². The van der Waals surface area contributed by atoms with Gasteiger partial charge in [-0.05, 0) is 43.1 Å². The maximum atomic E-state index is 12.2. The molecule has 0 saturated carbocycles. The van der Waals surface area contributed by atoms with Crippen molar-refractivity contribution in [1.82, 2.24) is 4.90 Å².